The maximum absolute atomic E-state index is 2.30. The minimum Gasteiger partial charge on any atom is -0.140 e. The third-order valence-electron chi connectivity index (χ3n) is 2.47. The van der Waals surface area contributed by atoms with Gasteiger partial charge in [-0.15, -0.1) is 11.3 Å². The van der Waals surface area contributed by atoms with Crippen molar-refractivity contribution in [2.45, 2.75) is 34.1 Å². The summed E-state index contributed by atoms with van der Waals surface area (Å²) in [4.78, 5) is 1.41. The third kappa shape index (κ3) is 2.40. The Labute approximate surface area is 95.9 Å². The SMILES string of the molecule is Cc1cc2cccc(CC(C)(C)C)c2s1. The van der Waals surface area contributed by atoms with Gasteiger partial charge >= 0.3 is 0 Å². The van der Waals surface area contributed by atoms with Gasteiger partial charge in [0.05, 0.1) is 0 Å². The first-order valence-corrected chi connectivity index (χ1v) is 6.25. The lowest BCUT2D eigenvalue weighted by Gasteiger charge is -2.18. The highest BCUT2D eigenvalue weighted by atomic mass is 32.1. The van der Waals surface area contributed by atoms with Crippen LogP contribution in [0.3, 0.4) is 0 Å². The lowest BCUT2D eigenvalue weighted by atomic mass is 9.88. The first-order chi connectivity index (χ1) is 6.96. The van der Waals surface area contributed by atoms with Gasteiger partial charge in [-0.25, -0.2) is 0 Å². The number of rotatable bonds is 1. The van der Waals surface area contributed by atoms with Gasteiger partial charge < -0.3 is 0 Å². The van der Waals surface area contributed by atoms with Gasteiger partial charge in [0.2, 0.25) is 0 Å². The quantitative estimate of drug-likeness (QED) is 0.645. The fourth-order valence-corrected chi connectivity index (χ4v) is 2.99. The highest BCUT2D eigenvalue weighted by Crippen LogP contribution is 2.32. The molecule has 0 spiro atoms. The van der Waals surface area contributed by atoms with Crippen molar-refractivity contribution in [1.82, 2.24) is 0 Å². The van der Waals surface area contributed by atoms with Crippen molar-refractivity contribution < 1.29 is 0 Å². The van der Waals surface area contributed by atoms with E-state index in [9.17, 15) is 0 Å². The third-order valence-corrected chi connectivity index (χ3v) is 3.61. The highest BCUT2D eigenvalue weighted by molar-refractivity contribution is 7.19. The molecule has 2 rings (SSSR count). The first kappa shape index (κ1) is 10.7. The number of hydrogen-bond donors (Lipinski definition) is 0. The zero-order chi connectivity index (χ0) is 11.1. The van der Waals surface area contributed by atoms with Crippen molar-refractivity contribution in [3.8, 4) is 0 Å². The highest BCUT2D eigenvalue weighted by Gasteiger charge is 2.13. The van der Waals surface area contributed by atoms with Crippen molar-refractivity contribution >= 4 is 21.4 Å². The molecule has 15 heavy (non-hydrogen) atoms. The molecule has 80 valence electrons. The first-order valence-electron chi connectivity index (χ1n) is 5.44. The van der Waals surface area contributed by atoms with Gasteiger partial charge in [-0.1, -0.05) is 39.0 Å². The predicted octanol–water partition coefficient (Wildman–Crippen LogP) is 4.80. The minimum absolute atomic E-state index is 0.367. The summed E-state index contributed by atoms with van der Waals surface area (Å²) in [5, 5.41) is 1.40. The van der Waals surface area contributed by atoms with Crippen molar-refractivity contribution in [1.29, 1.82) is 0 Å². The molecular formula is C14H18S. The van der Waals surface area contributed by atoms with Gasteiger partial charge in [-0.3, -0.25) is 0 Å². The van der Waals surface area contributed by atoms with Crippen LogP contribution in [0.15, 0.2) is 24.3 Å². The summed E-state index contributed by atoms with van der Waals surface area (Å²) in [6.07, 6.45) is 1.16. The van der Waals surface area contributed by atoms with Crippen LogP contribution < -0.4 is 0 Å². The molecule has 1 heterocycles. The van der Waals surface area contributed by atoms with Crippen LogP contribution in [0.4, 0.5) is 0 Å². The van der Waals surface area contributed by atoms with Gasteiger partial charge in [-0.05, 0) is 35.8 Å². The van der Waals surface area contributed by atoms with E-state index in [1.54, 1.807) is 0 Å². The molecule has 0 aliphatic heterocycles. The van der Waals surface area contributed by atoms with Crippen LogP contribution in [-0.2, 0) is 6.42 Å². The van der Waals surface area contributed by atoms with E-state index in [0.29, 0.717) is 5.41 Å². The molecule has 0 nitrogen and oxygen atoms in total. The number of aryl methyl sites for hydroxylation is 1. The van der Waals surface area contributed by atoms with Gasteiger partial charge in [-0.2, -0.15) is 0 Å². The van der Waals surface area contributed by atoms with E-state index in [0.717, 1.165) is 6.42 Å². The molecule has 0 bridgehead atoms. The van der Waals surface area contributed by atoms with Crippen molar-refractivity contribution in [3.63, 3.8) is 0 Å². The second-order valence-corrected chi connectivity index (χ2v) is 6.69. The van der Waals surface area contributed by atoms with Crippen LogP contribution in [0, 0.1) is 12.3 Å². The van der Waals surface area contributed by atoms with Crippen LogP contribution in [0.25, 0.3) is 10.1 Å². The molecule has 0 radical (unpaired) electrons. The summed E-state index contributed by atoms with van der Waals surface area (Å²) >= 11 is 1.92. The van der Waals surface area contributed by atoms with Crippen molar-refractivity contribution in [2.75, 3.05) is 0 Å². The summed E-state index contributed by atoms with van der Waals surface area (Å²) in [5.41, 5.74) is 1.87. The Hall–Kier alpha value is -0.820. The molecule has 1 heteroatoms. The average molecular weight is 218 g/mol. The van der Waals surface area contributed by atoms with Crippen LogP contribution >= 0.6 is 11.3 Å². The molecule has 0 N–H and O–H groups in total. The van der Waals surface area contributed by atoms with E-state index < -0.39 is 0 Å². The number of hydrogen-bond acceptors (Lipinski definition) is 1. The molecule has 0 saturated heterocycles. The molecule has 0 amide bonds. The van der Waals surface area contributed by atoms with E-state index in [1.165, 1.54) is 20.5 Å². The van der Waals surface area contributed by atoms with Crippen LogP contribution in [0.2, 0.25) is 0 Å². The summed E-state index contributed by atoms with van der Waals surface area (Å²) in [5.74, 6) is 0. The van der Waals surface area contributed by atoms with Gasteiger partial charge in [0.1, 0.15) is 0 Å². The summed E-state index contributed by atoms with van der Waals surface area (Å²) in [6, 6.07) is 8.94. The molecular weight excluding hydrogens is 200 g/mol. The zero-order valence-electron chi connectivity index (χ0n) is 9.92. The Morgan fingerprint density at radius 1 is 1.20 bits per heavy atom. The molecule has 0 aliphatic carbocycles. The zero-order valence-corrected chi connectivity index (χ0v) is 10.7. The Kier molecular flexibility index (Phi) is 2.59. The molecule has 0 aliphatic rings. The summed E-state index contributed by atoms with van der Waals surface area (Å²) in [7, 11) is 0. The standard InChI is InChI=1S/C14H18S/c1-10-8-11-6-5-7-12(13(11)15-10)9-14(2,3)4/h5-8H,9H2,1-4H3. The summed E-state index contributed by atoms with van der Waals surface area (Å²) < 4.78 is 1.48. The lowest BCUT2D eigenvalue weighted by Crippen LogP contribution is -2.08. The molecule has 0 atom stereocenters. The number of thiophene rings is 1. The number of fused-ring (bicyclic) bond motifs is 1. The minimum atomic E-state index is 0.367. The van der Waals surface area contributed by atoms with Gasteiger partial charge in [0.25, 0.3) is 0 Å². The molecule has 0 unspecified atom stereocenters. The molecule has 0 saturated carbocycles. The second kappa shape index (κ2) is 3.64. The maximum atomic E-state index is 2.30. The molecule has 2 aromatic rings. The Morgan fingerprint density at radius 2 is 1.93 bits per heavy atom. The monoisotopic (exact) mass is 218 g/mol. The van der Waals surface area contributed by atoms with E-state index >= 15 is 0 Å². The fraction of sp³-hybridized carbons (Fsp3) is 0.429. The topological polar surface area (TPSA) is 0 Å². The van der Waals surface area contributed by atoms with Gasteiger partial charge in [0.15, 0.2) is 0 Å². The van der Waals surface area contributed by atoms with E-state index in [1.807, 2.05) is 11.3 Å². The smallest absolute Gasteiger partial charge is 0.0377 e. The Morgan fingerprint density at radius 3 is 2.60 bits per heavy atom. The Balaban J connectivity index is 2.51. The van der Waals surface area contributed by atoms with Crippen LogP contribution in [-0.4, -0.2) is 0 Å². The number of benzene rings is 1. The van der Waals surface area contributed by atoms with E-state index in [-0.39, 0.29) is 0 Å². The van der Waals surface area contributed by atoms with Crippen molar-refractivity contribution in [2.24, 2.45) is 5.41 Å². The maximum Gasteiger partial charge on any atom is 0.0377 e. The molecule has 1 aromatic carbocycles. The lowest BCUT2D eigenvalue weighted by molar-refractivity contribution is 0.413. The summed E-state index contributed by atoms with van der Waals surface area (Å²) in [6.45, 7) is 9.08. The average Bonchev–Trinajstić information content (AvgIpc) is 2.43. The van der Waals surface area contributed by atoms with Gasteiger partial charge in [0, 0.05) is 9.58 Å². The normalized spacial score (nSPS) is 12.3. The second-order valence-electron chi connectivity index (χ2n) is 5.43. The van der Waals surface area contributed by atoms with Crippen LogP contribution in [0.5, 0.6) is 0 Å². The van der Waals surface area contributed by atoms with E-state index in [4.69, 9.17) is 0 Å². The van der Waals surface area contributed by atoms with Crippen LogP contribution in [0.1, 0.15) is 31.2 Å². The predicted molar refractivity (Wildman–Crippen MR) is 69.7 cm³/mol. The Bertz CT molecular complexity index is 472. The van der Waals surface area contributed by atoms with E-state index in [2.05, 4.69) is 52.0 Å². The molecule has 1 aromatic heterocycles. The molecule has 0 fully saturated rings. The van der Waals surface area contributed by atoms with Crippen molar-refractivity contribution in [3.05, 3.63) is 34.7 Å². The fourth-order valence-electron chi connectivity index (χ4n) is 1.96. The largest absolute Gasteiger partial charge is 0.140 e.